The molecule has 3 aromatic rings. The van der Waals surface area contributed by atoms with Crippen LogP contribution in [0.3, 0.4) is 0 Å². The Morgan fingerprint density at radius 3 is 2.17 bits per heavy atom. The quantitative estimate of drug-likeness (QED) is 0.433. The lowest BCUT2D eigenvalue weighted by atomic mass is 9.63. The van der Waals surface area contributed by atoms with Crippen LogP contribution in [-0.4, -0.2) is 70.2 Å². The second-order valence-corrected chi connectivity index (χ2v) is 12.9. The van der Waals surface area contributed by atoms with Gasteiger partial charge >= 0.3 is 12.1 Å². The number of likely N-dealkylation sites (tertiary alicyclic amines) is 1. The van der Waals surface area contributed by atoms with Crippen LogP contribution >= 0.6 is 0 Å². The van der Waals surface area contributed by atoms with Crippen LogP contribution in [0.15, 0.2) is 78.9 Å². The third-order valence-corrected chi connectivity index (χ3v) is 9.83. The fourth-order valence-electron chi connectivity index (χ4n) is 8.01. The Hall–Kier alpha value is -4.17. The van der Waals surface area contributed by atoms with E-state index in [0.717, 1.165) is 27.8 Å². The first-order valence-corrected chi connectivity index (χ1v) is 14.7. The Balaban J connectivity index is 1.12. The molecule has 2 bridgehead atoms. The van der Waals surface area contributed by atoms with Crippen LogP contribution in [-0.2, 0) is 20.9 Å². The Bertz CT molecular complexity index is 1520. The van der Waals surface area contributed by atoms with Gasteiger partial charge in [-0.3, -0.25) is 9.69 Å². The monoisotopic (exact) mass is 565 g/mol. The van der Waals surface area contributed by atoms with E-state index in [1.165, 1.54) is 4.90 Å². The van der Waals surface area contributed by atoms with Crippen molar-refractivity contribution >= 4 is 18.0 Å². The van der Waals surface area contributed by atoms with E-state index in [9.17, 15) is 19.5 Å². The number of nitrogens with one attached hydrogen (secondary N) is 1. The summed E-state index contributed by atoms with van der Waals surface area (Å²) < 4.78 is 5.87. The van der Waals surface area contributed by atoms with Crippen LogP contribution < -0.4 is 5.32 Å². The van der Waals surface area contributed by atoms with Crippen LogP contribution in [0.25, 0.3) is 11.1 Å². The SMILES string of the molecule is CC12CN(C(=O)C3(NC(=O)OCC4c5ccccc5-c5ccccc54)CCN(Cc4ccccc4)C3)C(C(=O)O)(C1)C2. The van der Waals surface area contributed by atoms with E-state index in [1.54, 1.807) is 0 Å². The molecule has 42 heavy (non-hydrogen) atoms. The van der Waals surface area contributed by atoms with E-state index in [0.29, 0.717) is 38.9 Å². The number of benzene rings is 3. The molecular weight excluding hydrogens is 530 g/mol. The van der Waals surface area contributed by atoms with Gasteiger partial charge in [0.25, 0.3) is 5.91 Å². The first-order valence-electron chi connectivity index (χ1n) is 14.7. The zero-order valence-corrected chi connectivity index (χ0v) is 23.7. The summed E-state index contributed by atoms with van der Waals surface area (Å²) in [6.45, 7) is 4.06. The number of rotatable bonds is 7. The Kier molecular flexibility index (Phi) is 6.17. The fourth-order valence-corrected chi connectivity index (χ4v) is 8.01. The third kappa shape index (κ3) is 4.19. The number of nitrogens with zero attached hydrogens (tertiary/aromatic N) is 2. The average Bonchev–Trinajstić information content (AvgIpc) is 3.70. The second-order valence-electron chi connectivity index (χ2n) is 12.9. The molecule has 216 valence electrons. The van der Waals surface area contributed by atoms with E-state index >= 15 is 0 Å². The van der Waals surface area contributed by atoms with Crippen molar-refractivity contribution in [3.63, 3.8) is 0 Å². The van der Waals surface area contributed by atoms with Gasteiger partial charge in [-0.2, -0.15) is 0 Å². The molecule has 8 rings (SSSR count). The number of ether oxygens (including phenoxy) is 1. The zero-order valence-electron chi connectivity index (χ0n) is 23.7. The lowest BCUT2D eigenvalue weighted by molar-refractivity contribution is -0.162. The zero-order chi connectivity index (χ0) is 29.1. The molecule has 4 fully saturated rings. The van der Waals surface area contributed by atoms with Gasteiger partial charge in [-0.05, 0) is 52.5 Å². The normalized spacial score (nSPS) is 27.7. The lowest BCUT2D eigenvalue weighted by Gasteiger charge is -2.44. The first kappa shape index (κ1) is 26.7. The van der Waals surface area contributed by atoms with Gasteiger partial charge in [0, 0.05) is 32.1 Å². The summed E-state index contributed by atoms with van der Waals surface area (Å²) in [6.07, 6.45) is 0.603. The molecule has 1 saturated carbocycles. The van der Waals surface area contributed by atoms with Crippen molar-refractivity contribution in [2.24, 2.45) is 5.41 Å². The van der Waals surface area contributed by atoms with E-state index < -0.39 is 23.1 Å². The van der Waals surface area contributed by atoms with Gasteiger partial charge in [0.2, 0.25) is 0 Å². The molecular formula is C34H35N3O5. The number of hydrogen-bond acceptors (Lipinski definition) is 5. The van der Waals surface area contributed by atoms with E-state index in [2.05, 4.69) is 34.5 Å². The highest BCUT2D eigenvalue weighted by Gasteiger charge is 2.70. The molecule has 3 aromatic carbocycles. The minimum atomic E-state index is -1.27. The molecule has 3 aliphatic heterocycles. The fraction of sp³-hybridized carbons (Fsp3) is 0.382. The second kappa shape index (κ2) is 9.70. The van der Waals surface area contributed by atoms with Crippen LogP contribution in [0.2, 0.25) is 0 Å². The summed E-state index contributed by atoms with van der Waals surface area (Å²) in [5.74, 6) is -1.40. The number of carboxylic acid groups (broad SMARTS) is 1. The maximum absolute atomic E-state index is 14.3. The lowest BCUT2D eigenvalue weighted by Crippen LogP contribution is -2.65. The van der Waals surface area contributed by atoms with Crippen LogP contribution in [0.4, 0.5) is 4.79 Å². The molecule has 1 unspecified atom stereocenters. The maximum Gasteiger partial charge on any atom is 0.408 e. The highest BCUT2D eigenvalue weighted by molar-refractivity contribution is 5.96. The number of carbonyl (C=O) groups is 3. The minimum Gasteiger partial charge on any atom is -0.479 e. The van der Waals surface area contributed by atoms with Crippen molar-refractivity contribution in [2.75, 3.05) is 26.2 Å². The number of amides is 2. The van der Waals surface area contributed by atoms with Gasteiger partial charge in [-0.25, -0.2) is 9.59 Å². The van der Waals surface area contributed by atoms with Crippen molar-refractivity contribution in [3.8, 4) is 11.1 Å². The summed E-state index contributed by atoms with van der Waals surface area (Å²) in [5.41, 5.74) is 2.94. The number of carboxylic acids is 1. The van der Waals surface area contributed by atoms with Gasteiger partial charge in [0.1, 0.15) is 17.7 Å². The highest BCUT2D eigenvalue weighted by Crippen LogP contribution is 2.60. The molecule has 2 amide bonds. The van der Waals surface area contributed by atoms with Crippen LogP contribution in [0.1, 0.15) is 48.8 Å². The number of fused-ring (bicyclic) bond motifs is 4. The summed E-state index contributed by atoms with van der Waals surface area (Å²) in [6, 6.07) is 26.3. The molecule has 0 aromatic heterocycles. The summed E-state index contributed by atoms with van der Waals surface area (Å²) in [4.78, 5) is 43.9. The highest BCUT2D eigenvalue weighted by atomic mass is 16.5. The van der Waals surface area contributed by atoms with Crippen molar-refractivity contribution < 1.29 is 24.2 Å². The summed E-state index contributed by atoms with van der Waals surface area (Å²) >= 11 is 0. The van der Waals surface area contributed by atoms with E-state index in [-0.39, 0.29) is 30.4 Å². The van der Waals surface area contributed by atoms with Crippen molar-refractivity contribution in [1.29, 1.82) is 0 Å². The van der Waals surface area contributed by atoms with Gasteiger partial charge < -0.3 is 20.1 Å². The number of alkyl carbamates (subject to hydrolysis) is 1. The molecule has 0 spiro atoms. The molecule has 8 heteroatoms. The van der Waals surface area contributed by atoms with Crippen LogP contribution in [0.5, 0.6) is 0 Å². The topological polar surface area (TPSA) is 99.2 Å². The molecule has 8 nitrogen and oxygen atoms in total. The van der Waals surface area contributed by atoms with E-state index in [4.69, 9.17) is 4.74 Å². The Labute approximate surface area is 245 Å². The molecule has 3 saturated heterocycles. The van der Waals surface area contributed by atoms with Crippen molar-refractivity contribution in [3.05, 3.63) is 95.6 Å². The Morgan fingerprint density at radius 2 is 1.52 bits per heavy atom. The number of carbonyl (C=O) groups excluding carboxylic acids is 2. The first-order chi connectivity index (χ1) is 20.2. The van der Waals surface area contributed by atoms with Crippen LogP contribution in [0, 0.1) is 5.41 Å². The Morgan fingerprint density at radius 1 is 0.905 bits per heavy atom. The molecule has 0 radical (unpaired) electrons. The minimum absolute atomic E-state index is 0.103. The number of hydrogen-bond donors (Lipinski definition) is 2. The summed E-state index contributed by atoms with van der Waals surface area (Å²) in [5, 5.41) is 13.1. The average molecular weight is 566 g/mol. The molecule has 3 heterocycles. The third-order valence-electron chi connectivity index (χ3n) is 9.83. The van der Waals surface area contributed by atoms with Gasteiger partial charge in [0.05, 0.1) is 0 Å². The smallest absolute Gasteiger partial charge is 0.408 e. The van der Waals surface area contributed by atoms with Gasteiger partial charge in [-0.1, -0.05) is 85.8 Å². The molecule has 2 aliphatic carbocycles. The molecule has 1 atom stereocenters. The predicted molar refractivity (Wildman–Crippen MR) is 157 cm³/mol. The molecule has 5 aliphatic rings. The van der Waals surface area contributed by atoms with Crippen molar-refractivity contribution in [1.82, 2.24) is 15.1 Å². The standard InChI is InChI=1S/C34H35N3O5/c1-32-19-34(20-32,30(39)40)37(21-32)29(38)33(15-16-36(22-33)17-23-9-3-2-4-10-23)35-31(41)42-18-28-26-13-7-5-11-24(26)25-12-6-8-14-27(25)28/h2-14,28H,15-22H2,1H3,(H,35,41)(H,39,40). The largest absolute Gasteiger partial charge is 0.479 e. The predicted octanol–water partition coefficient (Wildman–Crippen LogP) is 4.64. The maximum atomic E-state index is 14.3. The number of aliphatic carboxylic acids is 1. The molecule has 2 N–H and O–H groups in total. The van der Waals surface area contributed by atoms with E-state index in [1.807, 2.05) is 61.5 Å². The van der Waals surface area contributed by atoms with Gasteiger partial charge in [0.15, 0.2) is 0 Å². The van der Waals surface area contributed by atoms with Gasteiger partial charge in [-0.15, -0.1) is 0 Å². The van der Waals surface area contributed by atoms with Crippen molar-refractivity contribution in [2.45, 2.75) is 49.7 Å². The summed E-state index contributed by atoms with van der Waals surface area (Å²) in [7, 11) is 0.